The lowest BCUT2D eigenvalue weighted by atomic mass is 9.72. The second-order valence-corrected chi connectivity index (χ2v) is 4.94. The van der Waals surface area contributed by atoms with Crippen molar-refractivity contribution in [2.24, 2.45) is 5.41 Å². The molecule has 2 heteroatoms. The van der Waals surface area contributed by atoms with E-state index in [1.165, 1.54) is 23.8 Å². The first-order valence-corrected chi connectivity index (χ1v) is 5.72. The van der Waals surface area contributed by atoms with Crippen molar-refractivity contribution in [3.8, 4) is 0 Å². The summed E-state index contributed by atoms with van der Waals surface area (Å²) in [6, 6.07) is 6.33. The van der Waals surface area contributed by atoms with Crippen LogP contribution in [0.2, 0.25) is 0 Å². The number of fused-ring (bicyclic) bond motifs is 1. The number of benzene rings is 1. The highest BCUT2D eigenvalue weighted by Crippen LogP contribution is 2.37. The number of hydrogen-bond acceptors (Lipinski definition) is 2. The monoisotopic (exact) mass is 218 g/mol. The van der Waals surface area contributed by atoms with Gasteiger partial charge in [0.25, 0.3) is 0 Å². The van der Waals surface area contributed by atoms with Gasteiger partial charge in [-0.25, -0.2) is 0 Å². The van der Waals surface area contributed by atoms with Crippen LogP contribution >= 0.6 is 0 Å². The molecule has 0 spiro atoms. The molecule has 1 aliphatic rings. The lowest BCUT2D eigenvalue weighted by molar-refractivity contribution is -0.152. The molecule has 0 saturated heterocycles. The molecule has 0 fully saturated rings. The van der Waals surface area contributed by atoms with Gasteiger partial charge in [-0.1, -0.05) is 18.2 Å². The van der Waals surface area contributed by atoms with Crippen molar-refractivity contribution in [1.29, 1.82) is 0 Å². The number of aryl methyl sites for hydroxylation is 1. The van der Waals surface area contributed by atoms with Crippen LogP contribution in [0, 0.1) is 12.3 Å². The van der Waals surface area contributed by atoms with Crippen molar-refractivity contribution in [3.05, 3.63) is 34.9 Å². The normalized spacial score (nSPS) is 23.7. The van der Waals surface area contributed by atoms with Crippen LogP contribution in [0.15, 0.2) is 18.2 Å². The molecule has 0 bridgehead atoms. The van der Waals surface area contributed by atoms with Gasteiger partial charge in [0.2, 0.25) is 0 Å². The largest absolute Gasteiger partial charge is 0.469 e. The molecule has 1 aliphatic carbocycles. The van der Waals surface area contributed by atoms with Gasteiger partial charge in [0, 0.05) is 0 Å². The van der Waals surface area contributed by atoms with Crippen molar-refractivity contribution >= 4 is 5.97 Å². The van der Waals surface area contributed by atoms with E-state index in [9.17, 15) is 4.79 Å². The van der Waals surface area contributed by atoms with E-state index in [1.54, 1.807) is 0 Å². The van der Waals surface area contributed by atoms with Crippen molar-refractivity contribution in [3.63, 3.8) is 0 Å². The molecule has 16 heavy (non-hydrogen) atoms. The Hall–Kier alpha value is -1.31. The molecule has 86 valence electrons. The van der Waals surface area contributed by atoms with Crippen LogP contribution in [-0.4, -0.2) is 13.1 Å². The van der Waals surface area contributed by atoms with E-state index in [4.69, 9.17) is 4.74 Å². The molecule has 0 aliphatic heterocycles. The van der Waals surface area contributed by atoms with Crippen LogP contribution in [0.1, 0.15) is 30.0 Å². The Morgan fingerprint density at radius 3 is 2.88 bits per heavy atom. The van der Waals surface area contributed by atoms with E-state index in [-0.39, 0.29) is 11.4 Å². The van der Waals surface area contributed by atoms with Crippen molar-refractivity contribution < 1.29 is 9.53 Å². The molecule has 2 nitrogen and oxygen atoms in total. The third-order valence-electron chi connectivity index (χ3n) is 3.69. The summed E-state index contributed by atoms with van der Waals surface area (Å²) in [5.41, 5.74) is 3.72. The van der Waals surface area contributed by atoms with Crippen LogP contribution in [0.5, 0.6) is 0 Å². The minimum absolute atomic E-state index is 0.0837. The van der Waals surface area contributed by atoms with Gasteiger partial charge in [-0.05, 0) is 49.8 Å². The maximum Gasteiger partial charge on any atom is 0.311 e. The van der Waals surface area contributed by atoms with Gasteiger partial charge < -0.3 is 4.74 Å². The molecule has 0 N–H and O–H groups in total. The minimum Gasteiger partial charge on any atom is -0.469 e. The summed E-state index contributed by atoms with van der Waals surface area (Å²) in [7, 11) is 1.47. The molecule has 1 aromatic rings. The van der Waals surface area contributed by atoms with Crippen LogP contribution in [-0.2, 0) is 22.4 Å². The van der Waals surface area contributed by atoms with Crippen LogP contribution < -0.4 is 0 Å². The molecule has 1 aromatic carbocycles. The highest BCUT2D eigenvalue weighted by atomic mass is 16.5. The van der Waals surface area contributed by atoms with E-state index < -0.39 is 0 Å². The van der Waals surface area contributed by atoms with Crippen LogP contribution in [0.3, 0.4) is 0 Å². The molecule has 0 amide bonds. The van der Waals surface area contributed by atoms with E-state index in [0.29, 0.717) is 0 Å². The average molecular weight is 218 g/mol. The molecule has 0 heterocycles. The van der Waals surface area contributed by atoms with Gasteiger partial charge in [0.15, 0.2) is 0 Å². The summed E-state index contributed by atoms with van der Waals surface area (Å²) in [6.07, 6.45) is 2.67. The lowest BCUT2D eigenvalue weighted by Gasteiger charge is -2.32. The third-order valence-corrected chi connectivity index (χ3v) is 3.69. The molecular weight excluding hydrogens is 200 g/mol. The minimum atomic E-state index is -0.338. The third kappa shape index (κ3) is 1.73. The fraction of sp³-hybridized carbons (Fsp3) is 0.500. The van der Waals surface area contributed by atoms with E-state index in [2.05, 4.69) is 25.1 Å². The van der Waals surface area contributed by atoms with E-state index in [0.717, 1.165) is 19.3 Å². The van der Waals surface area contributed by atoms with Gasteiger partial charge >= 0.3 is 5.97 Å². The number of methoxy groups -OCH3 is 1. The quantitative estimate of drug-likeness (QED) is 0.677. The average Bonchev–Trinajstić information content (AvgIpc) is 2.28. The first kappa shape index (κ1) is 11.2. The molecule has 0 saturated carbocycles. The maximum atomic E-state index is 11.8. The number of esters is 1. The summed E-state index contributed by atoms with van der Waals surface area (Å²) >= 11 is 0. The van der Waals surface area contributed by atoms with Gasteiger partial charge in [0.05, 0.1) is 12.5 Å². The van der Waals surface area contributed by atoms with Gasteiger partial charge in [-0.3, -0.25) is 4.79 Å². The summed E-state index contributed by atoms with van der Waals surface area (Å²) in [6.45, 7) is 4.14. The predicted octanol–water partition coefficient (Wildman–Crippen LogP) is 2.66. The number of rotatable bonds is 1. The number of carbonyl (C=O) groups is 1. The Morgan fingerprint density at radius 1 is 1.44 bits per heavy atom. The van der Waals surface area contributed by atoms with Crippen molar-refractivity contribution in [2.75, 3.05) is 7.11 Å². The fourth-order valence-corrected chi connectivity index (χ4v) is 2.62. The van der Waals surface area contributed by atoms with Gasteiger partial charge in [-0.2, -0.15) is 0 Å². The Bertz CT molecular complexity index is 423. The first-order chi connectivity index (χ1) is 7.57. The van der Waals surface area contributed by atoms with Crippen molar-refractivity contribution in [2.45, 2.75) is 33.1 Å². The highest BCUT2D eigenvalue weighted by molar-refractivity contribution is 5.77. The maximum absolute atomic E-state index is 11.8. The smallest absolute Gasteiger partial charge is 0.311 e. The summed E-state index contributed by atoms with van der Waals surface area (Å²) in [5.74, 6) is -0.0837. The molecule has 1 unspecified atom stereocenters. The lowest BCUT2D eigenvalue weighted by Crippen LogP contribution is -2.35. The number of carbonyl (C=O) groups excluding carboxylic acids is 1. The van der Waals surface area contributed by atoms with Crippen molar-refractivity contribution in [1.82, 2.24) is 0 Å². The van der Waals surface area contributed by atoms with E-state index in [1.807, 2.05) is 6.92 Å². The van der Waals surface area contributed by atoms with Gasteiger partial charge in [0.1, 0.15) is 0 Å². The van der Waals surface area contributed by atoms with Gasteiger partial charge in [-0.15, -0.1) is 0 Å². The fourth-order valence-electron chi connectivity index (χ4n) is 2.62. The number of ether oxygens (including phenoxy) is 1. The Morgan fingerprint density at radius 2 is 2.19 bits per heavy atom. The zero-order valence-electron chi connectivity index (χ0n) is 10.2. The Balaban J connectivity index is 2.34. The molecule has 0 radical (unpaired) electrons. The molecule has 0 aromatic heterocycles. The molecular formula is C14H18O2. The number of hydrogen-bond donors (Lipinski definition) is 0. The SMILES string of the molecule is COC(=O)C1(C)CCc2c(C)cccc2C1. The molecule has 1 atom stereocenters. The Kier molecular flexibility index (Phi) is 2.75. The summed E-state index contributed by atoms with van der Waals surface area (Å²) in [4.78, 5) is 11.8. The Labute approximate surface area is 96.6 Å². The molecule has 2 rings (SSSR count). The summed E-state index contributed by atoms with van der Waals surface area (Å²) < 4.78 is 4.90. The van der Waals surface area contributed by atoms with Crippen LogP contribution in [0.25, 0.3) is 0 Å². The first-order valence-electron chi connectivity index (χ1n) is 5.72. The predicted molar refractivity (Wildman–Crippen MR) is 63.3 cm³/mol. The zero-order valence-corrected chi connectivity index (χ0v) is 10.2. The highest BCUT2D eigenvalue weighted by Gasteiger charge is 2.37. The van der Waals surface area contributed by atoms with E-state index >= 15 is 0 Å². The zero-order chi connectivity index (χ0) is 11.8. The topological polar surface area (TPSA) is 26.3 Å². The standard InChI is InChI=1S/C14H18O2/c1-10-5-4-6-11-9-14(2,13(15)16-3)8-7-12(10)11/h4-6H,7-9H2,1-3H3. The summed E-state index contributed by atoms with van der Waals surface area (Å²) in [5, 5.41) is 0. The second-order valence-electron chi connectivity index (χ2n) is 4.94. The second kappa shape index (κ2) is 3.93. The van der Waals surface area contributed by atoms with Crippen LogP contribution in [0.4, 0.5) is 0 Å².